The number of sulfonamides is 1. The van der Waals surface area contributed by atoms with E-state index in [-0.39, 0.29) is 27.4 Å². The van der Waals surface area contributed by atoms with E-state index in [0.717, 1.165) is 12.8 Å². The summed E-state index contributed by atoms with van der Waals surface area (Å²) in [5, 5.41) is 8.17. The van der Waals surface area contributed by atoms with Crippen LogP contribution in [0.3, 0.4) is 0 Å². The number of hydrogen-bond acceptors (Lipinski definition) is 4. The van der Waals surface area contributed by atoms with Gasteiger partial charge in [0.15, 0.2) is 0 Å². The van der Waals surface area contributed by atoms with Crippen molar-refractivity contribution in [2.75, 3.05) is 13.2 Å². The number of halogens is 1. The summed E-state index contributed by atoms with van der Waals surface area (Å²) in [5.74, 6) is -0.355. The third-order valence-electron chi connectivity index (χ3n) is 3.43. The Morgan fingerprint density at radius 2 is 2.00 bits per heavy atom. The quantitative estimate of drug-likeness (QED) is 0.869. The molecule has 8 heteroatoms. The average Bonchev–Trinajstić information content (AvgIpc) is 2.40. The van der Waals surface area contributed by atoms with E-state index in [1.165, 1.54) is 19.1 Å². The summed E-state index contributed by atoms with van der Waals surface area (Å²) < 4.78 is 28.3. The molecule has 1 aromatic carbocycles. The molecule has 0 unspecified atom stereocenters. The molecule has 1 heterocycles. The van der Waals surface area contributed by atoms with Gasteiger partial charge >= 0.3 is 0 Å². The van der Waals surface area contributed by atoms with Crippen molar-refractivity contribution in [3.63, 3.8) is 0 Å². The zero-order chi connectivity index (χ0) is 15.6. The number of nitrogens with one attached hydrogen (secondary N) is 1. The van der Waals surface area contributed by atoms with Gasteiger partial charge < -0.3 is 10.1 Å². The van der Waals surface area contributed by atoms with Gasteiger partial charge in [-0.3, -0.25) is 4.79 Å². The molecule has 1 aromatic rings. The van der Waals surface area contributed by atoms with Crippen LogP contribution in [0.15, 0.2) is 17.0 Å². The molecule has 116 valence electrons. The predicted molar refractivity (Wildman–Crippen MR) is 78.9 cm³/mol. The highest BCUT2D eigenvalue weighted by molar-refractivity contribution is 7.89. The van der Waals surface area contributed by atoms with Crippen LogP contribution in [0.25, 0.3) is 0 Å². The van der Waals surface area contributed by atoms with E-state index in [9.17, 15) is 13.2 Å². The lowest BCUT2D eigenvalue weighted by atomic mass is 10.1. The molecule has 0 saturated carbocycles. The Bertz CT molecular complexity index is 654. The fraction of sp³-hybridized carbons (Fsp3) is 0.462. The maximum absolute atomic E-state index is 12.3. The number of carbonyl (C=O) groups is 1. The summed E-state index contributed by atoms with van der Waals surface area (Å²) in [4.78, 5) is 12.2. The zero-order valence-electron chi connectivity index (χ0n) is 11.6. The van der Waals surface area contributed by atoms with Crippen LogP contribution >= 0.6 is 11.6 Å². The van der Waals surface area contributed by atoms with E-state index < -0.39 is 10.0 Å². The maximum Gasteiger partial charge on any atom is 0.251 e. The van der Waals surface area contributed by atoms with Crippen LogP contribution in [0, 0.1) is 6.92 Å². The SMILES string of the molecule is Cc1c(C(=O)NC2CCOCC2)cc(Cl)cc1S(N)(=O)=O. The third-order valence-corrected chi connectivity index (χ3v) is 4.69. The molecular formula is C13H17ClN2O4S. The minimum atomic E-state index is -3.93. The first-order valence-electron chi connectivity index (χ1n) is 6.50. The molecule has 1 amide bonds. The van der Waals surface area contributed by atoms with Crippen LogP contribution in [0.4, 0.5) is 0 Å². The minimum Gasteiger partial charge on any atom is -0.381 e. The number of hydrogen-bond donors (Lipinski definition) is 2. The van der Waals surface area contributed by atoms with Gasteiger partial charge in [-0.15, -0.1) is 0 Å². The third kappa shape index (κ3) is 3.94. The van der Waals surface area contributed by atoms with Crippen molar-refractivity contribution < 1.29 is 17.9 Å². The van der Waals surface area contributed by atoms with Gasteiger partial charge in [-0.05, 0) is 37.5 Å². The molecule has 6 nitrogen and oxygen atoms in total. The highest BCUT2D eigenvalue weighted by Gasteiger charge is 2.22. The summed E-state index contributed by atoms with van der Waals surface area (Å²) in [6, 6.07) is 2.71. The first-order chi connectivity index (χ1) is 9.79. The summed E-state index contributed by atoms with van der Waals surface area (Å²) >= 11 is 5.89. The highest BCUT2D eigenvalue weighted by atomic mass is 35.5. The second kappa shape index (κ2) is 6.31. The van der Waals surface area contributed by atoms with Crippen molar-refractivity contribution in [1.29, 1.82) is 0 Å². The zero-order valence-corrected chi connectivity index (χ0v) is 13.1. The molecule has 0 radical (unpaired) electrons. The van der Waals surface area contributed by atoms with Crippen molar-refractivity contribution in [3.05, 3.63) is 28.3 Å². The highest BCUT2D eigenvalue weighted by Crippen LogP contribution is 2.24. The second-order valence-electron chi connectivity index (χ2n) is 4.98. The molecule has 1 aliphatic rings. The molecule has 3 N–H and O–H groups in total. The smallest absolute Gasteiger partial charge is 0.251 e. The Labute approximate surface area is 128 Å². The van der Waals surface area contributed by atoms with Crippen LogP contribution in [0.2, 0.25) is 5.02 Å². The number of primary sulfonamides is 1. The predicted octanol–water partition coefficient (Wildman–Crippen LogP) is 1.20. The van der Waals surface area contributed by atoms with Crippen molar-refractivity contribution in [1.82, 2.24) is 5.32 Å². The van der Waals surface area contributed by atoms with Crippen molar-refractivity contribution in [2.45, 2.75) is 30.7 Å². The molecule has 0 aliphatic carbocycles. The Morgan fingerprint density at radius 1 is 1.38 bits per heavy atom. The lowest BCUT2D eigenvalue weighted by Gasteiger charge is -2.23. The fourth-order valence-corrected chi connectivity index (χ4v) is 3.40. The Morgan fingerprint density at radius 3 is 2.57 bits per heavy atom. The monoisotopic (exact) mass is 332 g/mol. The summed E-state index contributed by atoms with van der Waals surface area (Å²) in [5.41, 5.74) is 0.518. The average molecular weight is 333 g/mol. The Hall–Kier alpha value is -1.15. The first-order valence-corrected chi connectivity index (χ1v) is 8.43. The molecule has 1 aliphatic heterocycles. The summed E-state index contributed by atoms with van der Waals surface area (Å²) in [6.07, 6.45) is 1.46. The van der Waals surface area contributed by atoms with Gasteiger partial charge in [0.05, 0.1) is 4.90 Å². The number of ether oxygens (including phenoxy) is 1. The molecule has 2 rings (SSSR count). The molecular weight excluding hydrogens is 316 g/mol. The molecule has 0 spiro atoms. The Balaban J connectivity index is 2.30. The van der Waals surface area contributed by atoms with Crippen LogP contribution < -0.4 is 10.5 Å². The van der Waals surface area contributed by atoms with Gasteiger partial charge in [0.1, 0.15) is 0 Å². The fourth-order valence-electron chi connectivity index (χ4n) is 2.29. The van der Waals surface area contributed by atoms with Crippen molar-refractivity contribution in [3.8, 4) is 0 Å². The van der Waals surface area contributed by atoms with Crippen LogP contribution in [0.1, 0.15) is 28.8 Å². The van der Waals surface area contributed by atoms with E-state index in [1.807, 2.05) is 0 Å². The second-order valence-corrected chi connectivity index (χ2v) is 6.95. The van der Waals surface area contributed by atoms with Crippen LogP contribution in [-0.4, -0.2) is 33.6 Å². The van der Waals surface area contributed by atoms with Crippen molar-refractivity contribution in [2.24, 2.45) is 5.14 Å². The van der Waals surface area contributed by atoms with E-state index in [1.54, 1.807) is 0 Å². The number of benzene rings is 1. The van der Waals surface area contributed by atoms with Crippen molar-refractivity contribution >= 4 is 27.5 Å². The number of rotatable bonds is 3. The number of amides is 1. The molecule has 1 fully saturated rings. The van der Waals surface area contributed by atoms with Gasteiger partial charge in [0.2, 0.25) is 10.0 Å². The van der Waals surface area contributed by atoms with E-state index >= 15 is 0 Å². The number of nitrogens with two attached hydrogens (primary N) is 1. The summed E-state index contributed by atoms with van der Waals surface area (Å²) in [7, 11) is -3.93. The molecule has 0 aromatic heterocycles. The van der Waals surface area contributed by atoms with E-state index in [2.05, 4.69) is 5.32 Å². The lowest BCUT2D eigenvalue weighted by Crippen LogP contribution is -2.39. The van der Waals surface area contributed by atoms with Gasteiger partial charge in [-0.1, -0.05) is 11.6 Å². The molecule has 0 bridgehead atoms. The van der Waals surface area contributed by atoms with Gasteiger partial charge in [-0.25, -0.2) is 13.6 Å². The van der Waals surface area contributed by atoms with Crippen LogP contribution in [-0.2, 0) is 14.8 Å². The normalized spacial score (nSPS) is 16.7. The minimum absolute atomic E-state index is 0.0163. The lowest BCUT2D eigenvalue weighted by molar-refractivity contribution is 0.0696. The standard InChI is InChI=1S/C13H17ClN2O4S/c1-8-11(6-9(14)7-12(8)21(15,18)19)13(17)16-10-2-4-20-5-3-10/h6-7,10H,2-5H2,1H3,(H,16,17)(H2,15,18,19). The van der Waals surface area contributed by atoms with Gasteiger partial charge in [0, 0.05) is 29.8 Å². The topological polar surface area (TPSA) is 98.5 Å². The summed E-state index contributed by atoms with van der Waals surface area (Å²) in [6.45, 7) is 2.73. The maximum atomic E-state index is 12.3. The molecule has 1 saturated heterocycles. The van der Waals surface area contributed by atoms with E-state index in [4.69, 9.17) is 21.5 Å². The van der Waals surface area contributed by atoms with Gasteiger partial charge in [0.25, 0.3) is 5.91 Å². The number of carbonyl (C=O) groups excluding carboxylic acids is 1. The Kier molecular flexibility index (Phi) is 4.88. The van der Waals surface area contributed by atoms with Gasteiger partial charge in [-0.2, -0.15) is 0 Å². The molecule has 21 heavy (non-hydrogen) atoms. The first kappa shape index (κ1) is 16.2. The molecule has 0 atom stereocenters. The largest absolute Gasteiger partial charge is 0.381 e. The van der Waals surface area contributed by atoms with Crippen LogP contribution in [0.5, 0.6) is 0 Å². The van der Waals surface area contributed by atoms with E-state index in [0.29, 0.717) is 18.8 Å².